The van der Waals surface area contributed by atoms with E-state index in [4.69, 9.17) is 4.52 Å². The monoisotopic (exact) mass is 239 g/mol. The van der Waals surface area contributed by atoms with E-state index in [2.05, 4.69) is 21.5 Å². The van der Waals surface area contributed by atoms with Crippen LogP contribution < -0.4 is 5.32 Å². The summed E-state index contributed by atoms with van der Waals surface area (Å²) < 4.78 is 5.17. The normalized spacial score (nSPS) is 10.7. The Morgan fingerprint density at radius 3 is 2.94 bits per heavy atom. The molecule has 0 aliphatic carbocycles. The fraction of sp³-hybridized carbons (Fsp3) is 0.143. The maximum absolute atomic E-state index is 5.17. The minimum atomic E-state index is 0.620. The number of rotatable bonds is 3. The molecule has 4 heteroatoms. The van der Waals surface area contributed by atoms with Crippen molar-refractivity contribution in [2.24, 2.45) is 0 Å². The lowest BCUT2D eigenvalue weighted by molar-refractivity contribution is 0.384. The zero-order chi connectivity index (χ0) is 12.4. The lowest BCUT2D eigenvalue weighted by Crippen LogP contribution is -1.99. The van der Waals surface area contributed by atoms with Gasteiger partial charge in [0.25, 0.3) is 0 Å². The largest absolute Gasteiger partial charge is 0.377 e. The average molecular weight is 239 g/mol. The second-order valence-electron chi connectivity index (χ2n) is 4.16. The van der Waals surface area contributed by atoms with Gasteiger partial charge in [-0.25, -0.2) is 0 Å². The van der Waals surface area contributed by atoms with E-state index >= 15 is 0 Å². The number of aryl methyl sites for hydroxylation is 1. The molecule has 0 amide bonds. The Bertz CT molecular complexity index is 670. The van der Waals surface area contributed by atoms with Crippen LogP contribution in [-0.4, -0.2) is 10.1 Å². The maximum Gasteiger partial charge on any atom is 0.156 e. The van der Waals surface area contributed by atoms with E-state index in [1.807, 2.05) is 37.3 Å². The number of anilines is 1. The molecule has 3 aromatic rings. The van der Waals surface area contributed by atoms with Gasteiger partial charge in [-0.3, -0.25) is 4.98 Å². The summed E-state index contributed by atoms with van der Waals surface area (Å²) in [6.45, 7) is 2.53. The van der Waals surface area contributed by atoms with Gasteiger partial charge in [-0.2, -0.15) is 0 Å². The summed E-state index contributed by atoms with van der Waals surface area (Å²) in [4.78, 5) is 4.33. The van der Waals surface area contributed by atoms with Crippen molar-refractivity contribution in [3.63, 3.8) is 0 Å². The third-order valence-corrected chi connectivity index (χ3v) is 2.78. The van der Waals surface area contributed by atoms with E-state index in [1.165, 1.54) is 0 Å². The van der Waals surface area contributed by atoms with E-state index < -0.39 is 0 Å². The highest BCUT2D eigenvalue weighted by Crippen LogP contribution is 2.21. The van der Waals surface area contributed by atoms with Crippen molar-refractivity contribution < 1.29 is 4.52 Å². The summed E-state index contributed by atoms with van der Waals surface area (Å²) in [5, 5.41) is 8.32. The number of aromatic nitrogens is 2. The molecule has 2 aromatic heterocycles. The van der Waals surface area contributed by atoms with E-state index in [9.17, 15) is 0 Å². The van der Waals surface area contributed by atoms with Gasteiger partial charge in [-0.1, -0.05) is 23.4 Å². The highest BCUT2D eigenvalue weighted by Gasteiger charge is 2.03. The Morgan fingerprint density at radius 1 is 1.22 bits per heavy atom. The van der Waals surface area contributed by atoms with E-state index in [0.29, 0.717) is 6.54 Å². The van der Waals surface area contributed by atoms with Crippen molar-refractivity contribution >= 4 is 16.6 Å². The minimum Gasteiger partial charge on any atom is -0.377 e. The second-order valence-corrected chi connectivity index (χ2v) is 4.16. The minimum absolute atomic E-state index is 0.620. The van der Waals surface area contributed by atoms with Gasteiger partial charge in [0.2, 0.25) is 0 Å². The van der Waals surface area contributed by atoms with Crippen LogP contribution in [0.1, 0.15) is 11.5 Å². The Hall–Kier alpha value is -2.36. The van der Waals surface area contributed by atoms with Crippen molar-refractivity contribution in [1.29, 1.82) is 0 Å². The van der Waals surface area contributed by atoms with Crippen LogP contribution in [0.5, 0.6) is 0 Å². The molecule has 4 nitrogen and oxygen atoms in total. The molecule has 0 atom stereocenters. The second kappa shape index (κ2) is 4.49. The number of benzene rings is 1. The number of hydrogen-bond acceptors (Lipinski definition) is 4. The average Bonchev–Trinajstić information content (AvgIpc) is 2.82. The van der Waals surface area contributed by atoms with E-state index in [1.54, 1.807) is 6.20 Å². The lowest BCUT2D eigenvalue weighted by Gasteiger charge is -2.07. The van der Waals surface area contributed by atoms with Crippen LogP contribution >= 0.6 is 0 Å². The smallest absolute Gasteiger partial charge is 0.156 e. The molecule has 0 fully saturated rings. The molecule has 90 valence electrons. The fourth-order valence-electron chi connectivity index (χ4n) is 1.93. The first-order valence-corrected chi connectivity index (χ1v) is 5.83. The molecule has 0 unspecified atom stereocenters. The molecule has 18 heavy (non-hydrogen) atoms. The van der Waals surface area contributed by atoms with Gasteiger partial charge in [-0.05, 0) is 19.1 Å². The highest BCUT2D eigenvalue weighted by molar-refractivity contribution is 5.90. The lowest BCUT2D eigenvalue weighted by atomic mass is 10.2. The Kier molecular flexibility index (Phi) is 2.68. The summed E-state index contributed by atoms with van der Waals surface area (Å²) in [5.74, 6) is 0.827. The van der Waals surface area contributed by atoms with Crippen molar-refractivity contribution in [3.8, 4) is 0 Å². The molecule has 1 aromatic carbocycles. The quantitative estimate of drug-likeness (QED) is 0.762. The number of pyridine rings is 1. The molecule has 0 bridgehead atoms. The van der Waals surface area contributed by atoms with Crippen molar-refractivity contribution in [2.75, 3.05) is 5.32 Å². The molecular weight excluding hydrogens is 226 g/mol. The number of hydrogen-bond donors (Lipinski definition) is 1. The summed E-state index contributed by atoms with van der Waals surface area (Å²) in [5.41, 5.74) is 2.93. The zero-order valence-corrected chi connectivity index (χ0v) is 10.1. The molecular formula is C14H13N3O. The van der Waals surface area contributed by atoms with Gasteiger partial charge in [0.15, 0.2) is 5.76 Å². The maximum atomic E-state index is 5.17. The van der Waals surface area contributed by atoms with Crippen LogP contribution in [0.4, 0.5) is 5.69 Å². The van der Waals surface area contributed by atoms with Crippen LogP contribution in [0.15, 0.2) is 47.1 Å². The van der Waals surface area contributed by atoms with E-state index in [0.717, 1.165) is 28.0 Å². The summed E-state index contributed by atoms with van der Waals surface area (Å²) >= 11 is 0. The molecule has 0 spiro atoms. The Morgan fingerprint density at radius 2 is 2.11 bits per heavy atom. The third kappa shape index (κ3) is 2.05. The number of fused-ring (bicyclic) bond motifs is 1. The van der Waals surface area contributed by atoms with Gasteiger partial charge in [0, 0.05) is 23.3 Å². The van der Waals surface area contributed by atoms with Crippen molar-refractivity contribution in [1.82, 2.24) is 10.1 Å². The summed E-state index contributed by atoms with van der Waals surface area (Å²) in [6.07, 6.45) is 1.80. The first-order valence-electron chi connectivity index (χ1n) is 5.83. The van der Waals surface area contributed by atoms with Crippen molar-refractivity contribution in [3.05, 3.63) is 54.0 Å². The molecule has 0 aliphatic rings. The zero-order valence-electron chi connectivity index (χ0n) is 10.1. The molecule has 0 radical (unpaired) electrons. The van der Waals surface area contributed by atoms with Crippen LogP contribution in [-0.2, 0) is 6.54 Å². The van der Waals surface area contributed by atoms with Crippen LogP contribution in [0.25, 0.3) is 10.9 Å². The van der Waals surface area contributed by atoms with Crippen LogP contribution in [0.2, 0.25) is 0 Å². The van der Waals surface area contributed by atoms with E-state index in [-0.39, 0.29) is 0 Å². The third-order valence-electron chi connectivity index (χ3n) is 2.78. The van der Waals surface area contributed by atoms with Crippen LogP contribution in [0, 0.1) is 6.92 Å². The molecule has 1 N–H and O–H groups in total. The number of para-hydroxylation sites is 1. The van der Waals surface area contributed by atoms with Gasteiger partial charge in [0.1, 0.15) is 0 Å². The van der Waals surface area contributed by atoms with Crippen molar-refractivity contribution in [2.45, 2.75) is 13.5 Å². The Balaban J connectivity index is 1.86. The number of nitrogens with zero attached hydrogens (tertiary/aromatic N) is 2. The predicted octanol–water partition coefficient (Wildman–Crippen LogP) is 3.14. The molecule has 0 saturated heterocycles. The van der Waals surface area contributed by atoms with Gasteiger partial charge in [-0.15, -0.1) is 0 Å². The fourth-order valence-corrected chi connectivity index (χ4v) is 1.93. The molecule has 0 saturated carbocycles. The highest BCUT2D eigenvalue weighted by atomic mass is 16.5. The van der Waals surface area contributed by atoms with Gasteiger partial charge in [0.05, 0.1) is 17.8 Å². The van der Waals surface area contributed by atoms with Gasteiger partial charge < -0.3 is 9.84 Å². The van der Waals surface area contributed by atoms with Gasteiger partial charge >= 0.3 is 0 Å². The number of nitrogens with one attached hydrogen (secondary N) is 1. The first-order chi connectivity index (χ1) is 8.83. The standard InChI is InChI=1S/C14H13N3O/c1-10-8-11(18-17-10)9-16-14-6-7-15-13-5-3-2-4-12(13)14/h2-8H,9H2,1H3,(H,15,16). The summed E-state index contributed by atoms with van der Waals surface area (Å²) in [7, 11) is 0. The molecule has 3 rings (SSSR count). The molecule has 0 aliphatic heterocycles. The molecule has 2 heterocycles. The first kappa shape index (κ1) is 10.8. The predicted molar refractivity (Wildman–Crippen MR) is 70.3 cm³/mol. The Labute approximate surface area is 105 Å². The SMILES string of the molecule is Cc1cc(CNc2ccnc3ccccc23)on1. The summed E-state index contributed by atoms with van der Waals surface area (Å²) in [6, 6.07) is 11.9. The topological polar surface area (TPSA) is 51.0 Å². The van der Waals surface area contributed by atoms with Crippen LogP contribution in [0.3, 0.4) is 0 Å².